The highest BCUT2D eigenvalue weighted by molar-refractivity contribution is 8.00. The van der Waals surface area contributed by atoms with Crippen LogP contribution in [-0.4, -0.2) is 33.1 Å². The Labute approximate surface area is 145 Å². The van der Waals surface area contributed by atoms with Crippen LogP contribution >= 0.6 is 11.8 Å². The lowest BCUT2D eigenvalue weighted by atomic mass is 10.00. The quantitative estimate of drug-likeness (QED) is 0.635. The van der Waals surface area contributed by atoms with Crippen molar-refractivity contribution in [3.8, 4) is 6.07 Å². The highest BCUT2D eigenvalue weighted by atomic mass is 32.2. The number of amides is 1. The molecule has 1 aliphatic rings. The summed E-state index contributed by atoms with van der Waals surface area (Å²) in [5.74, 6) is 0.980. The molecular weight excluding hydrogens is 320 g/mol. The third-order valence-electron chi connectivity index (χ3n) is 4.10. The van der Waals surface area contributed by atoms with Crippen molar-refractivity contribution >= 4 is 17.7 Å². The number of aromatic nitrogens is 2. The molecule has 0 radical (unpaired) electrons. The van der Waals surface area contributed by atoms with Crippen LogP contribution in [0.1, 0.15) is 28.2 Å². The van der Waals surface area contributed by atoms with Crippen LogP contribution in [0, 0.1) is 25.2 Å². The minimum atomic E-state index is 0.0762. The van der Waals surface area contributed by atoms with Crippen molar-refractivity contribution in [1.82, 2.24) is 14.9 Å². The molecule has 0 fully saturated rings. The molecule has 2 aromatic rings. The molecule has 0 atom stereocenters. The Morgan fingerprint density at radius 3 is 2.79 bits per heavy atom. The molecule has 5 nitrogen and oxygen atoms in total. The molecule has 0 N–H and O–H groups in total. The van der Waals surface area contributed by atoms with Gasteiger partial charge in [0.25, 0.3) is 0 Å². The Morgan fingerprint density at radius 1 is 1.29 bits per heavy atom. The van der Waals surface area contributed by atoms with Gasteiger partial charge in [-0.15, -0.1) is 0 Å². The SMILES string of the molecule is Cc1nc(C)c(C#N)c(SCC(=O)N2CCc3ccccc3C2)n1. The molecule has 0 saturated heterocycles. The molecule has 0 aliphatic carbocycles. The average molecular weight is 338 g/mol. The second kappa shape index (κ2) is 7.02. The predicted molar refractivity (Wildman–Crippen MR) is 92.5 cm³/mol. The van der Waals surface area contributed by atoms with Crippen molar-refractivity contribution in [3.63, 3.8) is 0 Å². The van der Waals surface area contributed by atoms with E-state index in [2.05, 4.69) is 28.2 Å². The summed E-state index contributed by atoms with van der Waals surface area (Å²) in [7, 11) is 0. The lowest BCUT2D eigenvalue weighted by Gasteiger charge is -2.28. The van der Waals surface area contributed by atoms with Crippen molar-refractivity contribution < 1.29 is 4.79 Å². The zero-order valence-corrected chi connectivity index (χ0v) is 14.6. The Bertz CT molecular complexity index is 828. The van der Waals surface area contributed by atoms with E-state index >= 15 is 0 Å². The highest BCUT2D eigenvalue weighted by Crippen LogP contribution is 2.24. The maximum absolute atomic E-state index is 12.5. The van der Waals surface area contributed by atoms with E-state index in [1.165, 1.54) is 22.9 Å². The molecule has 2 heterocycles. The van der Waals surface area contributed by atoms with Crippen LogP contribution in [0.5, 0.6) is 0 Å². The van der Waals surface area contributed by atoms with Gasteiger partial charge in [0.05, 0.1) is 11.4 Å². The van der Waals surface area contributed by atoms with Gasteiger partial charge in [-0.1, -0.05) is 36.0 Å². The number of benzene rings is 1. The number of rotatable bonds is 3. The standard InChI is InChI=1S/C18H18N4OS/c1-12-16(9-19)18(21-13(2)20-12)24-11-17(23)22-8-7-14-5-3-4-6-15(14)10-22/h3-6H,7-8,10-11H2,1-2H3. The van der Waals surface area contributed by atoms with E-state index in [9.17, 15) is 10.1 Å². The average Bonchev–Trinajstić information content (AvgIpc) is 2.58. The number of hydrogen-bond donors (Lipinski definition) is 0. The van der Waals surface area contributed by atoms with Crippen molar-refractivity contribution in [1.29, 1.82) is 5.26 Å². The van der Waals surface area contributed by atoms with E-state index in [0.717, 1.165) is 13.0 Å². The van der Waals surface area contributed by atoms with E-state index in [-0.39, 0.29) is 11.7 Å². The molecule has 1 aromatic carbocycles. The van der Waals surface area contributed by atoms with Crippen LogP contribution in [0.4, 0.5) is 0 Å². The van der Waals surface area contributed by atoms with Gasteiger partial charge in [-0.25, -0.2) is 9.97 Å². The molecule has 0 spiro atoms. The second-order valence-electron chi connectivity index (χ2n) is 5.77. The zero-order valence-electron chi connectivity index (χ0n) is 13.7. The summed E-state index contributed by atoms with van der Waals surface area (Å²) < 4.78 is 0. The van der Waals surface area contributed by atoms with Crippen LogP contribution in [0.15, 0.2) is 29.3 Å². The maximum Gasteiger partial charge on any atom is 0.233 e. The molecule has 1 aromatic heterocycles. The van der Waals surface area contributed by atoms with Gasteiger partial charge in [-0.3, -0.25) is 4.79 Å². The monoisotopic (exact) mass is 338 g/mol. The molecule has 0 saturated carbocycles. The van der Waals surface area contributed by atoms with E-state index < -0.39 is 0 Å². The minimum absolute atomic E-state index is 0.0762. The predicted octanol–water partition coefficient (Wildman–Crippen LogP) is 2.64. The number of nitriles is 1. The first-order valence-corrected chi connectivity index (χ1v) is 8.79. The molecule has 3 rings (SSSR count). The van der Waals surface area contributed by atoms with Gasteiger partial charge in [0.1, 0.15) is 22.5 Å². The second-order valence-corrected chi connectivity index (χ2v) is 6.73. The summed E-state index contributed by atoms with van der Waals surface area (Å²) in [6.45, 7) is 4.98. The van der Waals surface area contributed by atoms with Crippen LogP contribution in [0.3, 0.4) is 0 Å². The van der Waals surface area contributed by atoms with Crippen molar-refractivity contribution in [3.05, 3.63) is 52.5 Å². The normalized spacial score (nSPS) is 13.3. The summed E-state index contributed by atoms with van der Waals surface area (Å²) in [4.78, 5) is 22.9. The molecule has 122 valence electrons. The fourth-order valence-corrected chi connectivity index (χ4v) is 3.82. The maximum atomic E-state index is 12.5. The topological polar surface area (TPSA) is 69.9 Å². The Hall–Kier alpha value is -2.39. The largest absolute Gasteiger partial charge is 0.337 e. The summed E-state index contributed by atoms with van der Waals surface area (Å²) in [6.07, 6.45) is 0.891. The number of nitrogens with zero attached hydrogens (tertiary/aromatic N) is 4. The number of hydrogen-bond acceptors (Lipinski definition) is 5. The van der Waals surface area contributed by atoms with Gasteiger partial charge in [0, 0.05) is 13.1 Å². The van der Waals surface area contributed by atoms with E-state index in [1.807, 2.05) is 17.0 Å². The van der Waals surface area contributed by atoms with Gasteiger partial charge in [-0.2, -0.15) is 5.26 Å². The molecular formula is C18H18N4OS. The number of fused-ring (bicyclic) bond motifs is 1. The lowest BCUT2D eigenvalue weighted by Crippen LogP contribution is -2.37. The molecule has 1 amide bonds. The summed E-state index contributed by atoms with van der Waals surface area (Å²) in [5.41, 5.74) is 3.66. The smallest absolute Gasteiger partial charge is 0.233 e. The molecule has 0 unspecified atom stereocenters. The van der Waals surface area contributed by atoms with Crippen LogP contribution in [0.2, 0.25) is 0 Å². The van der Waals surface area contributed by atoms with Gasteiger partial charge in [0.2, 0.25) is 5.91 Å². The minimum Gasteiger partial charge on any atom is -0.337 e. The van der Waals surface area contributed by atoms with Crippen molar-refractivity contribution in [2.45, 2.75) is 31.8 Å². The van der Waals surface area contributed by atoms with Crippen molar-refractivity contribution in [2.75, 3.05) is 12.3 Å². The van der Waals surface area contributed by atoms with E-state index in [0.29, 0.717) is 28.7 Å². The molecule has 1 aliphatic heterocycles. The van der Waals surface area contributed by atoms with E-state index in [1.54, 1.807) is 13.8 Å². The molecule has 6 heteroatoms. The Balaban J connectivity index is 1.68. The summed E-state index contributed by atoms with van der Waals surface area (Å²) in [6, 6.07) is 10.4. The van der Waals surface area contributed by atoms with Gasteiger partial charge >= 0.3 is 0 Å². The lowest BCUT2D eigenvalue weighted by molar-refractivity contribution is -0.129. The fourth-order valence-electron chi connectivity index (χ4n) is 2.84. The first-order valence-electron chi connectivity index (χ1n) is 7.81. The van der Waals surface area contributed by atoms with Gasteiger partial charge in [-0.05, 0) is 31.4 Å². The van der Waals surface area contributed by atoms with Crippen LogP contribution in [-0.2, 0) is 17.8 Å². The Morgan fingerprint density at radius 2 is 2.04 bits per heavy atom. The first kappa shape index (κ1) is 16.5. The number of carbonyl (C=O) groups is 1. The molecule has 24 heavy (non-hydrogen) atoms. The molecule has 0 bridgehead atoms. The highest BCUT2D eigenvalue weighted by Gasteiger charge is 2.21. The Kier molecular flexibility index (Phi) is 4.81. The fraction of sp³-hybridized carbons (Fsp3) is 0.333. The third kappa shape index (κ3) is 3.41. The summed E-state index contributed by atoms with van der Waals surface area (Å²) in [5, 5.41) is 9.87. The number of aryl methyl sites for hydroxylation is 2. The first-order chi connectivity index (χ1) is 11.6. The van der Waals surface area contributed by atoms with Gasteiger partial charge < -0.3 is 4.90 Å². The van der Waals surface area contributed by atoms with Crippen molar-refractivity contribution in [2.24, 2.45) is 0 Å². The van der Waals surface area contributed by atoms with Crippen LogP contribution in [0.25, 0.3) is 0 Å². The third-order valence-corrected chi connectivity index (χ3v) is 5.06. The van der Waals surface area contributed by atoms with Crippen LogP contribution < -0.4 is 0 Å². The zero-order chi connectivity index (χ0) is 17.1. The number of thioether (sulfide) groups is 1. The number of carbonyl (C=O) groups excluding carboxylic acids is 1. The van der Waals surface area contributed by atoms with Gasteiger partial charge in [0.15, 0.2) is 0 Å². The summed E-state index contributed by atoms with van der Waals surface area (Å²) >= 11 is 1.32. The van der Waals surface area contributed by atoms with E-state index in [4.69, 9.17) is 0 Å².